The first-order chi connectivity index (χ1) is 12.6. The van der Waals surface area contributed by atoms with E-state index >= 15 is 0 Å². The van der Waals surface area contributed by atoms with Gasteiger partial charge in [-0.05, 0) is 42.2 Å². The SMILES string of the molecule is CO/N=C1\c2cc(F)ccc2-n2c1nc1cc(CNSC)ccc1c2=O. The van der Waals surface area contributed by atoms with E-state index in [2.05, 4.69) is 14.9 Å². The van der Waals surface area contributed by atoms with Gasteiger partial charge in [-0.1, -0.05) is 23.2 Å². The van der Waals surface area contributed by atoms with Crippen molar-refractivity contribution in [1.29, 1.82) is 0 Å². The second-order valence-electron chi connectivity index (χ2n) is 5.74. The Morgan fingerprint density at radius 2 is 2.15 bits per heavy atom. The first kappa shape index (κ1) is 16.7. The molecule has 132 valence electrons. The van der Waals surface area contributed by atoms with Gasteiger partial charge in [0.25, 0.3) is 5.56 Å². The number of halogens is 1. The lowest BCUT2D eigenvalue weighted by Crippen LogP contribution is -2.22. The maximum Gasteiger partial charge on any atom is 0.266 e. The maximum atomic E-state index is 13.7. The van der Waals surface area contributed by atoms with Gasteiger partial charge in [0.1, 0.15) is 12.9 Å². The van der Waals surface area contributed by atoms with Crippen LogP contribution >= 0.6 is 11.9 Å². The fourth-order valence-corrected chi connectivity index (χ4v) is 3.38. The summed E-state index contributed by atoms with van der Waals surface area (Å²) >= 11 is 1.52. The van der Waals surface area contributed by atoms with Crippen LogP contribution in [0.1, 0.15) is 17.0 Å². The van der Waals surface area contributed by atoms with Crippen LogP contribution in [0.2, 0.25) is 0 Å². The van der Waals surface area contributed by atoms with E-state index < -0.39 is 5.82 Å². The Bertz CT molecular complexity index is 1110. The predicted molar refractivity (Wildman–Crippen MR) is 100 cm³/mol. The number of nitrogens with one attached hydrogen (secondary N) is 1. The predicted octanol–water partition coefficient (Wildman–Crippen LogP) is 2.60. The Hall–Kier alpha value is -2.71. The number of hydrogen-bond acceptors (Lipinski definition) is 6. The Morgan fingerprint density at radius 1 is 1.31 bits per heavy atom. The summed E-state index contributed by atoms with van der Waals surface area (Å²) in [5.74, 6) is -0.0664. The molecule has 3 aromatic rings. The quantitative estimate of drug-likeness (QED) is 0.442. The molecule has 2 heterocycles. The second-order valence-corrected chi connectivity index (χ2v) is 6.43. The van der Waals surface area contributed by atoms with Crippen molar-refractivity contribution in [2.75, 3.05) is 13.4 Å². The highest BCUT2D eigenvalue weighted by molar-refractivity contribution is 7.96. The van der Waals surface area contributed by atoms with Crippen LogP contribution in [0.4, 0.5) is 4.39 Å². The zero-order chi connectivity index (χ0) is 18.3. The number of benzene rings is 2. The van der Waals surface area contributed by atoms with Gasteiger partial charge in [0.2, 0.25) is 0 Å². The lowest BCUT2D eigenvalue weighted by molar-refractivity contribution is 0.214. The molecule has 0 saturated carbocycles. The fourth-order valence-electron chi connectivity index (χ4n) is 3.07. The third kappa shape index (κ3) is 2.58. The summed E-state index contributed by atoms with van der Waals surface area (Å²) in [6.07, 6.45) is 1.95. The molecule has 6 nitrogen and oxygen atoms in total. The van der Waals surface area contributed by atoms with Crippen LogP contribution in [-0.4, -0.2) is 28.6 Å². The average molecular weight is 370 g/mol. The lowest BCUT2D eigenvalue weighted by Gasteiger charge is -2.08. The van der Waals surface area contributed by atoms with Crippen LogP contribution in [0.15, 0.2) is 46.3 Å². The average Bonchev–Trinajstić information content (AvgIpc) is 2.93. The molecule has 1 N–H and O–H groups in total. The minimum absolute atomic E-state index is 0.219. The van der Waals surface area contributed by atoms with Gasteiger partial charge in [0.15, 0.2) is 11.5 Å². The molecular formula is C18H15FN4O2S. The summed E-state index contributed by atoms with van der Waals surface area (Å²) in [6, 6.07) is 9.73. The van der Waals surface area contributed by atoms with Crippen molar-refractivity contribution in [3.8, 4) is 5.69 Å². The summed E-state index contributed by atoms with van der Waals surface area (Å²) in [5.41, 5.74) is 2.73. The molecule has 0 spiro atoms. The number of rotatable bonds is 4. The smallest absolute Gasteiger partial charge is 0.266 e. The Kier molecular flexibility index (Phi) is 4.21. The van der Waals surface area contributed by atoms with Crippen molar-refractivity contribution in [1.82, 2.24) is 14.3 Å². The van der Waals surface area contributed by atoms with E-state index in [4.69, 9.17) is 4.84 Å². The molecule has 0 fully saturated rings. The Labute approximate surface area is 152 Å². The zero-order valence-corrected chi connectivity index (χ0v) is 14.9. The first-order valence-corrected chi connectivity index (χ1v) is 9.10. The van der Waals surface area contributed by atoms with Gasteiger partial charge in [-0.3, -0.25) is 14.1 Å². The third-order valence-electron chi connectivity index (χ3n) is 4.20. The van der Waals surface area contributed by atoms with Crippen LogP contribution < -0.4 is 10.3 Å². The molecule has 0 aliphatic carbocycles. The topological polar surface area (TPSA) is 68.5 Å². The largest absolute Gasteiger partial charge is 0.399 e. The van der Waals surface area contributed by atoms with Crippen molar-refractivity contribution in [2.24, 2.45) is 5.16 Å². The Balaban J connectivity index is 1.99. The summed E-state index contributed by atoms with van der Waals surface area (Å²) in [5, 5.41) is 4.48. The summed E-state index contributed by atoms with van der Waals surface area (Å²) in [4.78, 5) is 22.6. The van der Waals surface area contributed by atoms with E-state index in [1.54, 1.807) is 12.1 Å². The molecule has 1 aromatic heterocycles. The van der Waals surface area contributed by atoms with Crippen LogP contribution in [0, 0.1) is 5.82 Å². The van der Waals surface area contributed by atoms with Crippen LogP contribution in [-0.2, 0) is 11.4 Å². The Morgan fingerprint density at radius 3 is 2.92 bits per heavy atom. The van der Waals surface area contributed by atoms with Gasteiger partial charge >= 0.3 is 0 Å². The molecule has 1 aliphatic rings. The second kappa shape index (κ2) is 6.54. The highest BCUT2D eigenvalue weighted by atomic mass is 32.2. The van der Waals surface area contributed by atoms with Crippen molar-refractivity contribution in [3.05, 3.63) is 69.5 Å². The molecular weight excluding hydrogens is 355 g/mol. The van der Waals surface area contributed by atoms with Gasteiger partial charge < -0.3 is 4.84 Å². The van der Waals surface area contributed by atoms with Gasteiger partial charge in [-0.15, -0.1) is 0 Å². The molecule has 26 heavy (non-hydrogen) atoms. The molecule has 2 aromatic carbocycles. The van der Waals surface area contributed by atoms with E-state index in [-0.39, 0.29) is 5.56 Å². The summed E-state index contributed by atoms with van der Waals surface area (Å²) in [7, 11) is 1.40. The van der Waals surface area contributed by atoms with Crippen molar-refractivity contribution < 1.29 is 9.23 Å². The zero-order valence-electron chi connectivity index (χ0n) is 14.1. The molecule has 0 saturated heterocycles. The van der Waals surface area contributed by atoms with Gasteiger partial charge in [-0.25, -0.2) is 9.37 Å². The molecule has 0 atom stereocenters. The molecule has 8 heteroatoms. The molecule has 0 radical (unpaired) electrons. The van der Waals surface area contributed by atoms with E-state index in [9.17, 15) is 9.18 Å². The number of nitrogens with zero attached hydrogens (tertiary/aromatic N) is 3. The van der Waals surface area contributed by atoms with Crippen molar-refractivity contribution in [2.45, 2.75) is 6.54 Å². The van der Waals surface area contributed by atoms with E-state index in [1.165, 1.54) is 35.8 Å². The van der Waals surface area contributed by atoms with Crippen molar-refractivity contribution in [3.63, 3.8) is 0 Å². The summed E-state index contributed by atoms with van der Waals surface area (Å²) < 4.78 is 18.4. The number of oxime groups is 1. The maximum absolute atomic E-state index is 13.7. The highest BCUT2D eigenvalue weighted by Crippen LogP contribution is 2.28. The third-order valence-corrected chi connectivity index (χ3v) is 4.64. The number of aromatic nitrogens is 2. The van der Waals surface area contributed by atoms with E-state index in [1.807, 2.05) is 18.4 Å². The number of hydrogen-bond donors (Lipinski definition) is 1. The van der Waals surface area contributed by atoms with Crippen LogP contribution in [0.5, 0.6) is 0 Å². The van der Waals surface area contributed by atoms with Crippen LogP contribution in [0.25, 0.3) is 16.6 Å². The first-order valence-electron chi connectivity index (χ1n) is 7.87. The molecule has 0 bridgehead atoms. The highest BCUT2D eigenvalue weighted by Gasteiger charge is 2.29. The van der Waals surface area contributed by atoms with Gasteiger partial charge in [-0.2, -0.15) is 0 Å². The summed E-state index contributed by atoms with van der Waals surface area (Å²) in [6.45, 7) is 0.654. The van der Waals surface area contributed by atoms with Gasteiger partial charge in [0.05, 0.1) is 16.6 Å². The minimum Gasteiger partial charge on any atom is -0.399 e. The molecule has 0 unspecified atom stereocenters. The fraction of sp³-hybridized carbons (Fsp3) is 0.167. The number of fused-ring (bicyclic) bond motifs is 4. The monoisotopic (exact) mass is 370 g/mol. The van der Waals surface area contributed by atoms with Crippen LogP contribution in [0.3, 0.4) is 0 Å². The van der Waals surface area contributed by atoms with E-state index in [0.29, 0.717) is 40.2 Å². The molecule has 0 amide bonds. The normalized spacial score (nSPS) is 13.9. The van der Waals surface area contributed by atoms with Crippen molar-refractivity contribution >= 4 is 28.6 Å². The molecule has 4 rings (SSSR count). The van der Waals surface area contributed by atoms with Gasteiger partial charge in [0, 0.05) is 12.1 Å². The molecule has 1 aliphatic heterocycles. The standard InChI is InChI=1S/C18H15FN4O2S/c1-25-22-16-13-8-11(19)4-6-15(13)23-17(16)21-14-7-10(9-20-26-2)3-5-12(14)18(23)24/h3-8,20H,9H2,1-2H3/b22-16+. The minimum atomic E-state index is -0.414. The lowest BCUT2D eigenvalue weighted by atomic mass is 10.1. The van der Waals surface area contributed by atoms with E-state index in [0.717, 1.165) is 5.56 Å².